The van der Waals surface area contributed by atoms with Crippen molar-refractivity contribution in [3.63, 3.8) is 0 Å². The number of likely N-dealkylation sites (tertiary alicyclic amines) is 1. The smallest absolute Gasteiger partial charge is 0.407 e. The maximum atomic E-state index is 13.7. The molecule has 1 aliphatic heterocycles. The lowest BCUT2D eigenvalue weighted by Crippen LogP contribution is -2.40. The van der Waals surface area contributed by atoms with Crippen molar-refractivity contribution >= 4 is 6.09 Å². The molecule has 3 rings (SSSR count). The Morgan fingerprint density at radius 1 is 1.20 bits per heavy atom. The summed E-state index contributed by atoms with van der Waals surface area (Å²) in [6.07, 6.45) is 2.23. The van der Waals surface area contributed by atoms with E-state index in [2.05, 4.69) is 12.1 Å². The van der Waals surface area contributed by atoms with E-state index in [0.29, 0.717) is 19.0 Å². The number of benzene rings is 2. The molecule has 0 aliphatic carbocycles. The Morgan fingerprint density at radius 2 is 1.92 bits per heavy atom. The number of piperidine rings is 1. The fourth-order valence-electron chi connectivity index (χ4n) is 3.08. The quantitative estimate of drug-likeness (QED) is 0.845. The van der Waals surface area contributed by atoms with Crippen LogP contribution in [-0.2, 0) is 6.42 Å². The van der Waals surface area contributed by atoms with Gasteiger partial charge in [0.15, 0.2) is 11.6 Å². The second kappa shape index (κ2) is 7.80. The van der Waals surface area contributed by atoms with E-state index in [1.165, 1.54) is 17.7 Å². The van der Waals surface area contributed by atoms with Crippen molar-refractivity contribution in [1.29, 1.82) is 5.26 Å². The van der Waals surface area contributed by atoms with Gasteiger partial charge in [-0.15, -0.1) is 0 Å². The van der Waals surface area contributed by atoms with Gasteiger partial charge in [0.05, 0.1) is 11.6 Å². The Kier molecular flexibility index (Phi) is 5.30. The third kappa shape index (κ3) is 4.36. The molecule has 0 unspecified atom stereocenters. The molecule has 0 N–H and O–H groups in total. The molecule has 5 heteroatoms. The van der Waals surface area contributed by atoms with Crippen molar-refractivity contribution in [2.45, 2.75) is 19.3 Å². The molecule has 0 saturated carbocycles. The van der Waals surface area contributed by atoms with E-state index < -0.39 is 11.9 Å². The van der Waals surface area contributed by atoms with Crippen LogP contribution >= 0.6 is 0 Å². The molecule has 2 aromatic rings. The minimum Gasteiger partial charge on any atom is -0.407 e. The highest BCUT2D eigenvalue weighted by molar-refractivity contribution is 5.71. The second-order valence-corrected chi connectivity index (χ2v) is 6.25. The molecular formula is C20H19FN2O2. The average Bonchev–Trinajstić information content (AvgIpc) is 2.65. The maximum absolute atomic E-state index is 13.7. The number of carbonyl (C=O) groups is 1. The van der Waals surface area contributed by atoms with E-state index in [1.54, 1.807) is 4.90 Å². The van der Waals surface area contributed by atoms with Gasteiger partial charge in [-0.2, -0.15) is 5.26 Å². The number of amides is 1. The highest BCUT2D eigenvalue weighted by atomic mass is 19.1. The van der Waals surface area contributed by atoms with Crippen molar-refractivity contribution < 1.29 is 13.9 Å². The molecular weight excluding hydrogens is 319 g/mol. The largest absolute Gasteiger partial charge is 0.415 e. The van der Waals surface area contributed by atoms with Crippen LogP contribution in [0.5, 0.6) is 5.75 Å². The predicted molar refractivity (Wildman–Crippen MR) is 91.6 cm³/mol. The third-order valence-electron chi connectivity index (χ3n) is 4.50. The number of nitriles is 1. The van der Waals surface area contributed by atoms with E-state index in [1.807, 2.05) is 24.3 Å². The van der Waals surface area contributed by atoms with Crippen molar-refractivity contribution in [1.82, 2.24) is 4.90 Å². The van der Waals surface area contributed by atoms with E-state index in [4.69, 9.17) is 10.00 Å². The maximum Gasteiger partial charge on any atom is 0.415 e. The lowest BCUT2D eigenvalue weighted by Gasteiger charge is -2.31. The summed E-state index contributed by atoms with van der Waals surface area (Å²) in [7, 11) is 0. The molecule has 1 heterocycles. The number of hydrogen-bond donors (Lipinski definition) is 0. The topological polar surface area (TPSA) is 53.3 Å². The van der Waals surface area contributed by atoms with Crippen LogP contribution in [0.1, 0.15) is 24.0 Å². The summed E-state index contributed by atoms with van der Waals surface area (Å²) in [4.78, 5) is 13.8. The van der Waals surface area contributed by atoms with Gasteiger partial charge in [-0.25, -0.2) is 9.18 Å². The molecule has 1 amide bonds. The number of nitrogens with zero attached hydrogens (tertiary/aromatic N) is 2. The van der Waals surface area contributed by atoms with E-state index >= 15 is 0 Å². The van der Waals surface area contributed by atoms with Crippen LogP contribution in [0.25, 0.3) is 0 Å². The normalized spacial score (nSPS) is 14.8. The minimum atomic E-state index is -0.647. The summed E-state index contributed by atoms with van der Waals surface area (Å²) in [6.45, 7) is 1.19. The van der Waals surface area contributed by atoms with Crippen molar-refractivity contribution in [2.75, 3.05) is 13.1 Å². The Hall–Kier alpha value is -2.87. The fourth-order valence-corrected chi connectivity index (χ4v) is 3.08. The van der Waals surface area contributed by atoms with Crippen LogP contribution < -0.4 is 4.74 Å². The number of hydrogen-bond acceptors (Lipinski definition) is 3. The second-order valence-electron chi connectivity index (χ2n) is 6.25. The Bertz CT molecular complexity index is 778. The Morgan fingerprint density at radius 3 is 2.60 bits per heavy atom. The summed E-state index contributed by atoms with van der Waals surface area (Å²) in [6, 6.07) is 15.9. The van der Waals surface area contributed by atoms with Gasteiger partial charge in [-0.3, -0.25) is 0 Å². The van der Waals surface area contributed by atoms with E-state index in [9.17, 15) is 9.18 Å². The first-order valence-electron chi connectivity index (χ1n) is 8.36. The number of halogens is 1. The zero-order valence-electron chi connectivity index (χ0n) is 13.8. The third-order valence-corrected chi connectivity index (χ3v) is 4.50. The Labute approximate surface area is 146 Å². The van der Waals surface area contributed by atoms with Crippen molar-refractivity contribution in [2.24, 2.45) is 5.92 Å². The molecule has 0 radical (unpaired) electrons. The van der Waals surface area contributed by atoms with Crippen LogP contribution in [0.4, 0.5) is 9.18 Å². The van der Waals surface area contributed by atoms with Crippen molar-refractivity contribution in [3.05, 3.63) is 65.5 Å². The number of rotatable bonds is 3. The minimum absolute atomic E-state index is 0.199. The van der Waals surface area contributed by atoms with Gasteiger partial charge in [-0.05, 0) is 42.9 Å². The average molecular weight is 338 g/mol. The summed E-state index contributed by atoms with van der Waals surface area (Å²) in [5.41, 5.74) is 1.56. The van der Waals surface area contributed by atoms with Crippen LogP contribution in [0.2, 0.25) is 0 Å². The highest BCUT2D eigenvalue weighted by Gasteiger charge is 2.25. The van der Waals surface area contributed by atoms with Gasteiger partial charge in [0.2, 0.25) is 0 Å². The molecule has 1 saturated heterocycles. The molecule has 0 spiro atoms. The summed E-state index contributed by atoms with van der Waals surface area (Å²) in [5, 5.41) is 8.86. The monoisotopic (exact) mass is 338 g/mol. The van der Waals surface area contributed by atoms with Gasteiger partial charge in [0.25, 0.3) is 0 Å². The van der Waals surface area contributed by atoms with Crippen molar-refractivity contribution in [3.8, 4) is 11.8 Å². The van der Waals surface area contributed by atoms with Crippen LogP contribution in [0, 0.1) is 23.1 Å². The zero-order valence-corrected chi connectivity index (χ0v) is 13.8. The lowest BCUT2D eigenvalue weighted by molar-refractivity contribution is 0.129. The van der Waals surface area contributed by atoms with Crippen LogP contribution in [0.15, 0.2) is 48.5 Å². The molecule has 1 aliphatic rings. The summed E-state index contributed by atoms with van der Waals surface area (Å²) < 4.78 is 18.9. The fraction of sp³-hybridized carbons (Fsp3) is 0.300. The SMILES string of the molecule is N#Cc1ccc(F)c(OC(=O)N2CCC(Cc3ccccc3)CC2)c1. The summed E-state index contributed by atoms with van der Waals surface area (Å²) >= 11 is 0. The molecule has 1 fully saturated rings. The van der Waals surface area contributed by atoms with Gasteiger partial charge in [0.1, 0.15) is 0 Å². The molecule has 2 aromatic carbocycles. The molecule has 0 aromatic heterocycles. The van der Waals surface area contributed by atoms with Gasteiger partial charge < -0.3 is 9.64 Å². The lowest BCUT2D eigenvalue weighted by atomic mass is 9.90. The highest BCUT2D eigenvalue weighted by Crippen LogP contribution is 2.24. The van der Waals surface area contributed by atoms with Crippen LogP contribution in [-0.4, -0.2) is 24.1 Å². The number of ether oxygens (including phenoxy) is 1. The zero-order chi connectivity index (χ0) is 17.6. The molecule has 0 bridgehead atoms. The molecule has 0 atom stereocenters. The number of carbonyl (C=O) groups excluding carboxylic acids is 1. The standard InChI is InChI=1S/C20H19FN2O2/c21-18-7-6-17(14-22)13-19(18)25-20(24)23-10-8-16(9-11-23)12-15-4-2-1-3-5-15/h1-7,13,16H,8-12H2. The van der Waals surface area contributed by atoms with Crippen LogP contribution in [0.3, 0.4) is 0 Å². The summed E-state index contributed by atoms with van der Waals surface area (Å²) in [5.74, 6) is -0.313. The molecule has 25 heavy (non-hydrogen) atoms. The van der Waals surface area contributed by atoms with Gasteiger partial charge in [0, 0.05) is 19.2 Å². The molecule has 4 nitrogen and oxygen atoms in total. The van der Waals surface area contributed by atoms with Gasteiger partial charge >= 0.3 is 6.09 Å². The predicted octanol–water partition coefficient (Wildman–Crippen LogP) is 4.15. The Balaban J connectivity index is 1.54. The first-order valence-corrected chi connectivity index (χ1v) is 8.36. The van der Waals surface area contributed by atoms with E-state index in [0.717, 1.165) is 25.3 Å². The molecule has 128 valence electrons. The van der Waals surface area contributed by atoms with E-state index in [-0.39, 0.29) is 11.3 Å². The first kappa shape index (κ1) is 17.0. The van der Waals surface area contributed by atoms with Gasteiger partial charge in [-0.1, -0.05) is 30.3 Å². The first-order chi connectivity index (χ1) is 12.2.